The molecule has 134 valence electrons. The molecule has 25 heavy (non-hydrogen) atoms. The van der Waals surface area contributed by atoms with Gasteiger partial charge in [0.2, 0.25) is 0 Å². The van der Waals surface area contributed by atoms with Crippen molar-refractivity contribution in [2.45, 2.75) is 60.4 Å². The molecule has 0 bridgehead atoms. The minimum absolute atomic E-state index is 0.142. The van der Waals surface area contributed by atoms with E-state index in [-0.39, 0.29) is 18.2 Å². The van der Waals surface area contributed by atoms with Crippen molar-refractivity contribution in [1.29, 1.82) is 0 Å². The number of rotatable bonds is 4. The van der Waals surface area contributed by atoms with E-state index >= 15 is 0 Å². The van der Waals surface area contributed by atoms with Crippen molar-refractivity contribution in [3.8, 4) is 0 Å². The lowest BCUT2D eigenvalue weighted by Gasteiger charge is -2.20. The zero-order valence-electron chi connectivity index (χ0n) is 15.9. The Hall–Kier alpha value is -2.10. The summed E-state index contributed by atoms with van der Waals surface area (Å²) < 4.78 is 7.45. The number of ether oxygens (including phenoxy) is 1. The molecule has 4 nitrogen and oxygen atoms in total. The maximum Gasteiger partial charge on any atom is 0.310 e. The maximum atomic E-state index is 12.8. The predicted octanol–water partition coefficient (Wildman–Crippen LogP) is 4.23. The highest BCUT2D eigenvalue weighted by Crippen LogP contribution is 2.35. The van der Waals surface area contributed by atoms with Crippen molar-refractivity contribution in [2.75, 3.05) is 6.61 Å². The number of ketones is 1. The van der Waals surface area contributed by atoms with Gasteiger partial charge in [0.15, 0.2) is 5.78 Å². The molecule has 0 fully saturated rings. The van der Waals surface area contributed by atoms with Crippen molar-refractivity contribution in [1.82, 2.24) is 4.57 Å². The SMILES string of the molecule is CCOC(=O)Cc1c(C)n2c3c(cc(C(=O)C(C)(C)C)cc13)CCC2. The Morgan fingerprint density at radius 3 is 2.60 bits per heavy atom. The van der Waals surface area contributed by atoms with Gasteiger partial charge in [-0.2, -0.15) is 0 Å². The number of benzene rings is 1. The third-order valence-electron chi connectivity index (χ3n) is 5.02. The Labute approximate surface area is 149 Å². The first-order valence-corrected chi connectivity index (χ1v) is 9.09. The zero-order valence-corrected chi connectivity index (χ0v) is 15.9. The lowest BCUT2D eigenvalue weighted by atomic mass is 9.84. The molecule has 0 saturated heterocycles. The molecule has 0 N–H and O–H groups in total. The molecule has 1 aromatic heterocycles. The van der Waals surface area contributed by atoms with Gasteiger partial charge >= 0.3 is 5.97 Å². The van der Waals surface area contributed by atoms with Gasteiger partial charge in [-0.25, -0.2) is 0 Å². The van der Waals surface area contributed by atoms with Crippen LogP contribution >= 0.6 is 0 Å². The molecule has 0 atom stereocenters. The van der Waals surface area contributed by atoms with Gasteiger partial charge in [0.05, 0.1) is 18.5 Å². The molecule has 4 heteroatoms. The van der Waals surface area contributed by atoms with Crippen molar-refractivity contribution in [2.24, 2.45) is 5.41 Å². The van der Waals surface area contributed by atoms with Gasteiger partial charge in [0, 0.05) is 28.6 Å². The number of hydrogen-bond donors (Lipinski definition) is 0. The highest BCUT2D eigenvalue weighted by atomic mass is 16.5. The summed E-state index contributed by atoms with van der Waals surface area (Å²) in [6, 6.07) is 4.04. The van der Waals surface area contributed by atoms with Gasteiger partial charge < -0.3 is 9.30 Å². The third kappa shape index (κ3) is 3.10. The molecule has 2 heterocycles. The van der Waals surface area contributed by atoms with E-state index in [0.717, 1.165) is 41.6 Å². The van der Waals surface area contributed by atoms with Gasteiger partial charge in [-0.1, -0.05) is 20.8 Å². The molecule has 3 rings (SSSR count). The van der Waals surface area contributed by atoms with Crippen LogP contribution in [0.2, 0.25) is 0 Å². The Morgan fingerprint density at radius 2 is 1.96 bits per heavy atom. The standard InChI is InChI=1S/C21H27NO3/c1-6-25-18(23)12-16-13(2)22-9-7-8-14-10-15(11-17(16)19(14)22)20(24)21(3,4)5/h10-11H,6-9,12H2,1-5H3. The smallest absolute Gasteiger partial charge is 0.310 e. The quantitative estimate of drug-likeness (QED) is 0.617. The third-order valence-corrected chi connectivity index (χ3v) is 5.02. The normalized spacial score (nSPS) is 14.0. The molecule has 0 saturated carbocycles. The number of carbonyl (C=O) groups excluding carboxylic acids is 2. The summed E-state index contributed by atoms with van der Waals surface area (Å²) in [6.07, 6.45) is 2.30. The molecular weight excluding hydrogens is 314 g/mol. The van der Waals surface area contributed by atoms with Crippen LogP contribution in [-0.2, 0) is 28.9 Å². The second kappa shape index (κ2) is 6.32. The second-order valence-corrected chi connectivity index (χ2v) is 7.91. The molecule has 1 aliphatic rings. The first-order chi connectivity index (χ1) is 11.7. The van der Waals surface area contributed by atoms with E-state index in [1.807, 2.05) is 33.8 Å². The van der Waals surface area contributed by atoms with Crippen molar-refractivity contribution >= 4 is 22.7 Å². The number of hydrogen-bond acceptors (Lipinski definition) is 3. The highest BCUT2D eigenvalue weighted by molar-refractivity contribution is 6.04. The molecule has 1 aromatic carbocycles. The monoisotopic (exact) mass is 341 g/mol. The van der Waals surface area contributed by atoms with E-state index in [1.165, 1.54) is 11.1 Å². The van der Waals surface area contributed by atoms with Crippen molar-refractivity contribution in [3.63, 3.8) is 0 Å². The number of aromatic nitrogens is 1. The van der Waals surface area contributed by atoms with Crippen LogP contribution < -0.4 is 0 Å². The van der Waals surface area contributed by atoms with Crippen LogP contribution in [0.25, 0.3) is 10.9 Å². The zero-order chi connectivity index (χ0) is 18.4. The van der Waals surface area contributed by atoms with E-state index in [2.05, 4.69) is 17.6 Å². The van der Waals surface area contributed by atoms with E-state index in [4.69, 9.17) is 4.74 Å². The van der Waals surface area contributed by atoms with Crippen LogP contribution in [0.15, 0.2) is 12.1 Å². The van der Waals surface area contributed by atoms with Gasteiger partial charge in [-0.15, -0.1) is 0 Å². The topological polar surface area (TPSA) is 48.3 Å². The first-order valence-electron chi connectivity index (χ1n) is 9.09. The van der Waals surface area contributed by atoms with Gasteiger partial charge in [0.1, 0.15) is 0 Å². The van der Waals surface area contributed by atoms with Crippen LogP contribution in [-0.4, -0.2) is 22.9 Å². The summed E-state index contributed by atoms with van der Waals surface area (Å²) in [5.41, 5.74) is 4.85. The lowest BCUT2D eigenvalue weighted by Crippen LogP contribution is -2.20. The van der Waals surface area contributed by atoms with Crippen LogP contribution in [0.1, 0.15) is 61.3 Å². The number of Topliss-reactive ketones (excluding diaryl/α,β-unsaturated/α-hetero) is 1. The Kier molecular flexibility index (Phi) is 4.48. The summed E-state index contributed by atoms with van der Waals surface area (Å²) in [6.45, 7) is 11.1. The van der Waals surface area contributed by atoms with Crippen LogP contribution in [0.5, 0.6) is 0 Å². The molecule has 0 radical (unpaired) electrons. The fourth-order valence-corrected chi connectivity index (χ4v) is 3.81. The van der Waals surface area contributed by atoms with Gasteiger partial charge in [-0.05, 0) is 49.9 Å². The number of nitrogens with zero attached hydrogens (tertiary/aromatic N) is 1. The minimum atomic E-state index is -0.423. The predicted molar refractivity (Wildman–Crippen MR) is 99.1 cm³/mol. The lowest BCUT2D eigenvalue weighted by molar-refractivity contribution is -0.142. The van der Waals surface area contributed by atoms with Crippen LogP contribution in [0.3, 0.4) is 0 Å². The second-order valence-electron chi connectivity index (χ2n) is 7.91. The Morgan fingerprint density at radius 1 is 1.24 bits per heavy atom. The molecular formula is C21H27NO3. The first kappa shape index (κ1) is 17.7. The Balaban J connectivity index is 2.20. The van der Waals surface area contributed by atoms with Gasteiger partial charge in [0.25, 0.3) is 0 Å². The minimum Gasteiger partial charge on any atom is -0.466 e. The van der Waals surface area contributed by atoms with Gasteiger partial charge in [-0.3, -0.25) is 9.59 Å². The molecule has 0 aliphatic carbocycles. The number of aryl methyl sites for hydroxylation is 2. The summed E-state index contributed by atoms with van der Waals surface area (Å²) in [5, 5.41) is 1.04. The molecule has 0 amide bonds. The molecule has 0 spiro atoms. The van der Waals surface area contributed by atoms with E-state index < -0.39 is 5.41 Å². The van der Waals surface area contributed by atoms with E-state index in [1.54, 1.807) is 0 Å². The largest absolute Gasteiger partial charge is 0.466 e. The molecule has 1 aliphatic heterocycles. The number of carbonyl (C=O) groups is 2. The summed E-state index contributed by atoms with van der Waals surface area (Å²) in [4.78, 5) is 24.9. The summed E-state index contributed by atoms with van der Waals surface area (Å²) >= 11 is 0. The number of esters is 1. The summed E-state index contributed by atoms with van der Waals surface area (Å²) in [5.74, 6) is -0.0679. The molecule has 0 unspecified atom stereocenters. The van der Waals surface area contributed by atoms with E-state index in [9.17, 15) is 9.59 Å². The van der Waals surface area contributed by atoms with Crippen molar-refractivity contribution < 1.29 is 14.3 Å². The molecule has 2 aromatic rings. The summed E-state index contributed by atoms with van der Waals surface area (Å²) in [7, 11) is 0. The van der Waals surface area contributed by atoms with Crippen LogP contribution in [0, 0.1) is 12.3 Å². The Bertz CT molecular complexity index is 852. The van der Waals surface area contributed by atoms with Crippen molar-refractivity contribution in [3.05, 3.63) is 34.5 Å². The highest BCUT2D eigenvalue weighted by Gasteiger charge is 2.27. The average Bonchev–Trinajstić information content (AvgIpc) is 2.81. The maximum absolute atomic E-state index is 12.8. The fraction of sp³-hybridized carbons (Fsp3) is 0.524. The fourth-order valence-electron chi connectivity index (χ4n) is 3.81. The average molecular weight is 341 g/mol. The van der Waals surface area contributed by atoms with Crippen LogP contribution in [0.4, 0.5) is 0 Å². The van der Waals surface area contributed by atoms with E-state index in [0.29, 0.717) is 6.61 Å².